The predicted octanol–water partition coefficient (Wildman–Crippen LogP) is 2.77. The molecule has 0 fully saturated rings. The summed E-state index contributed by atoms with van der Waals surface area (Å²) in [6.45, 7) is 1.87. The third-order valence-corrected chi connectivity index (χ3v) is 4.65. The van der Waals surface area contributed by atoms with Crippen molar-refractivity contribution in [2.24, 2.45) is 0 Å². The van der Waals surface area contributed by atoms with E-state index in [4.69, 9.17) is 0 Å². The highest BCUT2D eigenvalue weighted by atomic mass is 16.6. The van der Waals surface area contributed by atoms with Crippen LogP contribution >= 0.6 is 0 Å². The Bertz CT molecular complexity index is 1260. The Labute approximate surface area is 198 Å². The minimum Gasteiger partial charge on any atom is -0.465 e. The largest absolute Gasteiger partial charge is 0.465 e. The maximum absolute atomic E-state index is 12.4. The van der Waals surface area contributed by atoms with E-state index < -0.39 is 28.5 Å². The Morgan fingerprint density at radius 3 is 2.00 bits per heavy atom. The number of anilines is 3. The summed E-state index contributed by atoms with van der Waals surface area (Å²) in [4.78, 5) is 55.2. The first-order valence-corrected chi connectivity index (χ1v) is 9.94. The molecule has 13 heteroatoms. The lowest BCUT2D eigenvalue weighted by atomic mass is 10.1. The van der Waals surface area contributed by atoms with Crippen LogP contribution in [-0.2, 0) is 9.47 Å². The summed E-state index contributed by atoms with van der Waals surface area (Å²) < 4.78 is 9.37. The molecule has 0 unspecified atom stereocenters. The van der Waals surface area contributed by atoms with Crippen LogP contribution in [0.15, 0.2) is 48.8 Å². The van der Waals surface area contributed by atoms with Gasteiger partial charge in [0.1, 0.15) is 6.33 Å². The molecule has 3 N–H and O–H groups in total. The first-order valence-electron chi connectivity index (χ1n) is 9.94. The molecule has 180 valence electrons. The zero-order valence-corrected chi connectivity index (χ0v) is 18.8. The number of ether oxygens (including phenoxy) is 2. The van der Waals surface area contributed by atoms with Gasteiger partial charge in [0.05, 0.1) is 30.3 Å². The number of benzene rings is 2. The fraction of sp³-hybridized carbons (Fsp3) is 0.136. The first-order chi connectivity index (χ1) is 16.7. The number of methoxy groups -OCH3 is 2. The number of aromatic nitrogens is 2. The highest BCUT2D eigenvalue weighted by molar-refractivity contribution is 5.97. The predicted molar refractivity (Wildman–Crippen MR) is 123 cm³/mol. The quantitative estimate of drug-likeness (QED) is 0.245. The van der Waals surface area contributed by atoms with E-state index in [1.807, 2.05) is 6.92 Å². The van der Waals surface area contributed by atoms with Gasteiger partial charge in [-0.3, -0.25) is 25.8 Å². The van der Waals surface area contributed by atoms with E-state index in [9.17, 15) is 24.5 Å². The maximum Gasteiger partial charge on any atom is 0.355 e. The summed E-state index contributed by atoms with van der Waals surface area (Å²) in [7, 11) is 2.33. The molecule has 1 heterocycles. The number of hydrazine groups is 1. The summed E-state index contributed by atoms with van der Waals surface area (Å²) in [5.74, 6) is -2.59. The molecule has 0 radical (unpaired) electrons. The number of nitrogens with zero attached hydrogens (tertiary/aromatic N) is 3. The molecule has 0 bridgehead atoms. The van der Waals surface area contributed by atoms with E-state index in [0.717, 1.165) is 11.9 Å². The van der Waals surface area contributed by atoms with Crippen LogP contribution in [0, 0.1) is 17.0 Å². The van der Waals surface area contributed by atoms with Crippen LogP contribution in [-0.4, -0.2) is 47.0 Å². The number of rotatable bonds is 8. The van der Waals surface area contributed by atoms with Crippen molar-refractivity contribution in [3.63, 3.8) is 0 Å². The zero-order chi connectivity index (χ0) is 25.5. The second kappa shape index (κ2) is 10.7. The number of amides is 1. The van der Waals surface area contributed by atoms with Crippen molar-refractivity contribution in [3.8, 4) is 0 Å². The van der Waals surface area contributed by atoms with E-state index in [2.05, 4.69) is 35.6 Å². The molecular formula is C22H20N6O7. The Hall–Kier alpha value is -5.07. The summed E-state index contributed by atoms with van der Waals surface area (Å²) in [5.41, 5.74) is 5.58. The Balaban J connectivity index is 1.92. The van der Waals surface area contributed by atoms with Crippen molar-refractivity contribution < 1.29 is 28.8 Å². The Kier molecular flexibility index (Phi) is 7.51. The van der Waals surface area contributed by atoms with Crippen molar-refractivity contribution in [3.05, 3.63) is 81.2 Å². The number of nitrogens with one attached hydrogen (secondary N) is 3. The van der Waals surface area contributed by atoms with Gasteiger partial charge < -0.3 is 14.8 Å². The minimum absolute atomic E-state index is 0.00156. The lowest BCUT2D eigenvalue weighted by Crippen LogP contribution is -2.30. The third-order valence-electron chi connectivity index (χ3n) is 4.65. The average molecular weight is 480 g/mol. The number of nitro groups is 1. The van der Waals surface area contributed by atoms with Gasteiger partial charge in [0.25, 0.3) is 5.91 Å². The monoisotopic (exact) mass is 480 g/mol. The van der Waals surface area contributed by atoms with Crippen LogP contribution in [0.25, 0.3) is 0 Å². The van der Waals surface area contributed by atoms with E-state index in [1.54, 1.807) is 24.3 Å². The number of hydrogen-bond donors (Lipinski definition) is 3. The summed E-state index contributed by atoms with van der Waals surface area (Å²) in [5, 5.41) is 14.5. The molecule has 0 saturated carbocycles. The third kappa shape index (κ3) is 5.84. The maximum atomic E-state index is 12.4. The van der Waals surface area contributed by atoms with Crippen LogP contribution in [0.3, 0.4) is 0 Å². The SMILES string of the molecule is COC(=O)c1cc(Nc2ncnc(NNC(=O)c3ccc(C)cc3)c2[N+](=O)[O-])cc(C(=O)OC)c1. The lowest BCUT2D eigenvalue weighted by molar-refractivity contribution is -0.383. The molecule has 0 saturated heterocycles. The van der Waals surface area contributed by atoms with Crippen molar-refractivity contribution >= 4 is 40.9 Å². The second-order valence-electron chi connectivity index (χ2n) is 7.03. The molecule has 0 spiro atoms. The number of carbonyl (C=O) groups excluding carboxylic acids is 3. The average Bonchev–Trinajstić information content (AvgIpc) is 2.86. The topological polar surface area (TPSA) is 175 Å². The number of esters is 2. The molecule has 0 aliphatic carbocycles. The first kappa shape index (κ1) is 24.6. The highest BCUT2D eigenvalue weighted by Crippen LogP contribution is 2.31. The normalized spacial score (nSPS) is 10.1. The fourth-order valence-corrected chi connectivity index (χ4v) is 2.94. The van der Waals surface area contributed by atoms with Crippen LogP contribution < -0.4 is 16.2 Å². The fourth-order valence-electron chi connectivity index (χ4n) is 2.94. The molecule has 1 aromatic heterocycles. The molecule has 3 aromatic rings. The molecule has 3 rings (SSSR count). The van der Waals surface area contributed by atoms with Crippen molar-refractivity contribution in [1.29, 1.82) is 0 Å². The Morgan fingerprint density at radius 2 is 1.46 bits per heavy atom. The van der Waals surface area contributed by atoms with E-state index in [-0.39, 0.29) is 28.5 Å². The van der Waals surface area contributed by atoms with Gasteiger partial charge in [-0.05, 0) is 37.3 Å². The zero-order valence-electron chi connectivity index (χ0n) is 18.8. The molecule has 2 aromatic carbocycles. The van der Waals surface area contributed by atoms with Crippen LogP contribution in [0.1, 0.15) is 36.6 Å². The van der Waals surface area contributed by atoms with E-state index in [0.29, 0.717) is 5.56 Å². The van der Waals surface area contributed by atoms with Crippen molar-refractivity contribution in [2.45, 2.75) is 6.92 Å². The van der Waals surface area contributed by atoms with Gasteiger partial charge in [-0.15, -0.1) is 0 Å². The molecule has 1 amide bonds. The molecule has 0 aliphatic heterocycles. The second-order valence-corrected chi connectivity index (χ2v) is 7.03. The summed E-state index contributed by atoms with van der Waals surface area (Å²) in [6, 6.07) is 10.6. The van der Waals surface area contributed by atoms with Gasteiger partial charge >= 0.3 is 17.6 Å². The van der Waals surface area contributed by atoms with Crippen LogP contribution in [0.2, 0.25) is 0 Å². The number of hydrogen-bond acceptors (Lipinski definition) is 11. The van der Waals surface area contributed by atoms with Gasteiger partial charge in [-0.25, -0.2) is 19.6 Å². The number of carbonyl (C=O) groups is 3. The Morgan fingerprint density at radius 1 is 0.886 bits per heavy atom. The molecule has 0 aliphatic rings. The smallest absolute Gasteiger partial charge is 0.355 e. The lowest BCUT2D eigenvalue weighted by Gasteiger charge is -2.12. The standard InChI is InChI=1S/C22H20N6O7/c1-12-4-6-13(7-5-12)20(29)27-26-19-17(28(32)33)18(23-11-24-19)25-16-9-14(21(30)34-2)8-15(10-16)22(31)35-3/h4-11H,1-3H3,(H,27,29)(H2,23,24,25,26). The van der Waals surface area contributed by atoms with Crippen LogP contribution in [0.4, 0.5) is 23.0 Å². The van der Waals surface area contributed by atoms with E-state index in [1.165, 1.54) is 32.4 Å². The van der Waals surface area contributed by atoms with Gasteiger partial charge in [0.15, 0.2) is 0 Å². The van der Waals surface area contributed by atoms with Gasteiger partial charge in [0, 0.05) is 11.3 Å². The molecule has 35 heavy (non-hydrogen) atoms. The summed E-state index contributed by atoms with van der Waals surface area (Å²) in [6.07, 6.45) is 1.03. The molecular weight excluding hydrogens is 460 g/mol. The highest BCUT2D eigenvalue weighted by Gasteiger charge is 2.24. The van der Waals surface area contributed by atoms with Gasteiger partial charge in [-0.1, -0.05) is 17.7 Å². The summed E-state index contributed by atoms with van der Waals surface area (Å²) >= 11 is 0. The van der Waals surface area contributed by atoms with Gasteiger partial charge in [0.2, 0.25) is 11.6 Å². The van der Waals surface area contributed by atoms with E-state index >= 15 is 0 Å². The molecule has 13 nitrogen and oxygen atoms in total. The molecule has 0 atom stereocenters. The number of aryl methyl sites for hydroxylation is 1. The van der Waals surface area contributed by atoms with Crippen molar-refractivity contribution in [2.75, 3.05) is 25.0 Å². The van der Waals surface area contributed by atoms with Crippen LogP contribution in [0.5, 0.6) is 0 Å². The van der Waals surface area contributed by atoms with Gasteiger partial charge in [-0.2, -0.15) is 0 Å². The van der Waals surface area contributed by atoms with Crippen molar-refractivity contribution in [1.82, 2.24) is 15.4 Å². The minimum atomic E-state index is -0.756.